The van der Waals surface area contributed by atoms with Crippen LogP contribution in [0.25, 0.3) is 0 Å². The van der Waals surface area contributed by atoms with Crippen molar-refractivity contribution in [2.75, 3.05) is 42.5 Å². The number of nitrogens with zero attached hydrogens (tertiary/aromatic N) is 1. The molecule has 0 spiro atoms. The average molecular weight is 788 g/mol. The summed E-state index contributed by atoms with van der Waals surface area (Å²) in [6.07, 6.45) is -9.16. The zero-order valence-electron chi connectivity index (χ0n) is 32.8. The lowest BCUT2D eigenvalue weighted by molar-refractivity contribution is -0.345. The first kappa shape index (κ1) is 40.4. The van der Waals surface area contributed by atoms with Gasteiger partial charge in [0.2, 0.25) is 12.1 Å². The molecule has 2 aliphatic carbocycles. The number of ether oxygens (including phenoxy) is 8. The third-order valence-electron chi connectivity index (χ3n) is 12.5. The lowest BCUT2D eigenvalue weighted by Crippen LogP contribution is -2.68. The maximum Gasteiger partial charge on any atom is 0.316 e. The molecule has 0 radical (unpaired) electrons. The Morgan fingerprint density at radius 1 is 0.946 bits per heavy atom. The molecule has 5 aliphatic rings. The van der Waals surface area contributed by atoms with Gasteiger partial charge in [-0.25, -0.2) is 0 Å². The van der Waals surface area contributed by atoms with Gasteiger partial charge in [-0.1, -0.05) is 0 Å². The Morgan fingerprint density at radius 2 is 1.61 bits per heavy atom. The molecule has 17 nitrogen and oxygen atoms in total. The van der Waals surface area contributed by atoms with E-state index in [1.165, 1.54) is 41.2 Å². The zero-order chi connectivity index (χ0) is 41.1. The number of fused-ring (bicyclic) bond motifs is 8. The van der Waals surface area contributed by atoms with Crippen LogP contribution in [0.1, 0.15) is 94.7 Å². The van der Waals surface area contributed by atoms with E-state index in [1.54, 1.807) is 32.8 Å². The number of rotatable bonds is 7. The number of aliphatic hydroxyl groups excluding tert-OH is 2. The Morgan fingerprint density at radius 3 is 2.20 bits per heavy atom. The number of carbonyl (C=O) groups is 3. The van der Waals surface area contributed by atoms with Gasteiger partial charge >= 0.3 is 5.97 Å². The molecule has 306 valence electrons. The monoisotopic (exact) mass is 787 g/mol. The molecule has 7 rings (SSSR count). The molecule has 56 heavy (non-hydrogen) atoms. The quantitative estimate of drug-likeness (QED) is 0.212. The van der Waals surface area contributed by atoms with Gasteiger partial charge in [-0.05, 0) is 59.5 Å². The molecule has 2 saturated heterocycles. The minimum Gasteiger partial charge on any atom is -0.507 e. The van der Waals surface area contributed by atoms with Crippen LogP contribution in [0.3, 0.4) is 0 Å². The summed E-state index contributed by atoms with van der Waals surface area (Å²) < 4.78 is 47.4. The average Bonchev–Trinajstić information content (AvgIpc) is 3.12. The number of likely N-dealkylation sites (N-methyl/N-ethyl adjacent to an activating group) is 1. The van der Waals surface area contributed by atoms with Crippen molar-refractivity contribution in [3.8, 4) is 17.2 Å². The number of phenols is 2. The highest BCUT2D eigenvalue weighted by atomic mass is 16.7. The Hall–Kier alpha value is -3.75. The predicted octanol–water partition coefficient (Wildman–Crippen LogP) is 1.14. The minimum atomic E-state index is -1.91. The van der Waals surface area contributed by atoms with Gasteiger partial charge in [-0.15, -0.1) is 0 Å². The summed E-state index contributed by atoms with van der Waals surface area (Å²) in [6.45, 7) is 6.40. The summed E-state index contributed by atoms with van der Waals surface area (Å²) in [5.74, 6) is -5.85. The van der Waals surface area contributed by atoms with Crippen molar-refractivity contribution in [3.63, 3.8) is 0 Å². The van der Waals surface area contributed by atoms with Gasteiger partial charge in [0.25, 0.3) is 0 Å². The number of phenolic OH excluding ortho intramolecular Hbond substituents is 2. The number of aliphatic hydroxyl groups is 3. The summed E-state index contributed by atoms with van der Waals surface area (Å²) >= 11 is 0. The number of hydrogen-bond donors (Lipinski definition) is 5. The van der Waals surface area contributed by atoms with E-state index in [-0.39, 0.29) is 34.4 Å². The third kappa shape index (κ3) is 5.47. The van der Waals surface area contributed by atoms with Gasteiger partial charge in [-0.2, -0.15) is 0 Å². The molecule has 0 saturated carbocycles. The maximum atomic E-state index is 14.8. The van der Waals surface area contributed by atoms with Crippen LogP contribution in [0.5, 0.6) is 17.2 Å². The molecule has 17 heteroatoms. The first-order valence-corrected chi connectivity index (χ1v) is 18.2. The van der Waals surface area contributed by atoms with Crippen molar-refractivity contribution in [2.45, 2.75) is 112 Å². The molecule has 2 bridgehead atoms. The second-order valence-corrected chi connectivity index (χ2v) is 16.0. The fraction of sp³-hybridized carbons (Fsp3) is 0.615. The molecule has 13 atom stereocenters. The van der Waals surface area contributed by atoms with Gasteiger partial charge in [0.15, 0.2) is 12.1 Å². The smallest absolute Gasteiger partial charge is 0.316 e. The van der Waals surface area contributed by atoms with Crippen LogP contribution in [0.15, 0.2) is 12.1 Å². The van der Waals surface area contributed by atoms with Crippen molar-refractivity contribution in [2.24, 2.45) is 0 Å². The van der Waals surface area contributed by atoms with E-state index in [0.29, 0.717) is 0 Å². The van der Waals surface area contributed by atoms with Crippen LogP contribution in [0.4, 0.5) is 0 Å². The fourth-order valence-corrected chi connectivity index (χ4v) is 9.68. The van der Waals surface area contributed by atoms with Crippen LogP contribution < -0.4 is 4.74 Å². The third-order valence-corrected chi connectivity index (χ3v) is 12.5. The summed E-state index contributed by atoms with van der Waals surface area (Å²) in [5.41, 5.74) is -6.55. The second-order valence-electron chi connectivity index (χ2n) is 16.0. The van der Waals surface area contributed by atoms with E-state index in [2.05, 4.69) is 0 Å². The lowest BCUT2D eigenvalue weighted by atomic mass is 9.68. The van der Waals surface area contributed by atoms with Crippen LogP contribution in [-0.4, -0.2) is 151 Å². The first-order chi connectivity index (χ1) is 26.2. The molecule has 5 N–H and O–H groups in total. The van der Waals surface area contributed by atoms with E-state index in [9.17, 15) is 39.9 Å². The molecular formula is C39H49NO16. The minimum absolute atomic E-state index is 0.0417. The van der Waals surface area contributed by atoms with Crippen LogP contribution in [0.2, 0.25) is 0 Å². The normalized spacial score (nSPS) is 38.6. The van der Waals surface area contributed by atoms with Crippen molar-refractivity contribution in [1.82, 2.24) is 4.90 Å². The first-order valence-electron chi connectivity index (χ1n) is 18.2. The van der Waals surface area contributed by atoms with E-state index >= 15 is 0 Å². The van der Waals surface area contributed by atoms with E-state index in [1.807, 2.05) is 0 Å². The van der Waals surface area contributed by atoms with E-state index < -0.39 is 124 Å². The number of ketones is 2. The van der Waals surface area contributed by atoms with Gasteiger partial charge in [0.05, 0.1) is 47.7 Å². The van der Waals surface area contributed by atoms with Crippen molar-refractivity contribution >= 4 is 17.5 Å². The summed E-state index contributed by atoms with van der Waals surface area (Å²) in [4.78, 5) is 44.4. The highest BCUT2D eigenvalue weighted by Gasteiger charge is 2.60. The fourth-order valence-electron chi connectivity index (χ4n) is 9.68. The van der Waals surface area contributed by atoms with Crippen LogP contribution in [-0.2, 0) is 43.6 Å². The maximum absolute atomic E-state index is 14.8. The van der Waals surface area contributed by atoms with E-state index in [0.717, 1.165) is 13.2 Å². The van der Waals surface area contributed by atoms with Crippen LogP contribution in [0, 0.1) is 0 Å². The highest BCUT2D eigenvalue weighted by Crippen LogP contribution is 2.56. The number of carbonyl (C=O) groups excluding carboxylic acids is 3. The SMILES string of the molecule is COC(=O)[C@@H]1c2cc3c(c(O)c2[C@@H](O[C@@H]2O[C@@H](C)[C@H](OC)[C@@](C)(OC)[C@H]2OC)C[C@@]1(C)O)C(=O)c1c(O)cc2c(c1C3=O)O[C@H]1O[C@]2(C)[C@H](O)[C@@H](N(C)C)[C@@H]1O. The van der Waals surface area contributed by atoms with Gasteiger partial charge < -0.3 is 68.3 Å². The molecule has 0 aromatic heterocycles. The Balaban J connectivity index is 1.40. The molecule has 0 unspecified atom stereocenters. The molecule has 2 aromatic rings. The Bertz CT molecular complexity index is 1980. The van der Waals surface area contributed by atoms with Crippen molar-refractivity contribution in [3.05, 3.63) is 51.1 Å². The summed E-state index contributed by atoms with van der Waals surface area (Å²) in [7, 11) is 8.84. The highest BCUT2D eigenvalue weighted by molar-refractivity contribution is 6.31. The van der Waals surface area contributed by atoms with E-state index in [4.69, 9.17) is 37.9 Å². The zero-order valence-corrected chi connectivity index (χ0v) is 32.8. The molecule has 3 aliphatic heterocycles. The largest absolute Gasteiger partial charge is 0.507 e. The molecule has 0 amide bonds. The number of esters is 1. The number of hydrogen-bond acceptors (Lipinski definition) is 17. The molecule has 2 fully saturated rings. The predicted molar refractivity (Wildman–Crippen MR) is 191 cm³/mol. The van der Waals surface area contributed by atoms with Crippen LogP contribution >= 0.6 is 0 Å². The number of aromatic hydroxyl groups is 2. The second kappa shape index (κ2) is 13.7. The molecule has 3 heterocycles. The van der Waals surface area contributed by atoms with Gasteiger partial charge in [0.1, 0.15) is 58.8 Å². The summed E-state index contributed by atoms with van der Waals surface area (Å²) in [5, 5.41) is 58.3. The van der Waals surface area contributed by atoms with Gasteiger partial charge in [0, 0.05) is 44.4 Å². The Labute approximate surface area is 322 Å². The standard InChI is InChI=1S/C39H49NO16/c1-14-32(49-7)39(4,52-10)33(50-8)36(53-14)54-19-13-37(2,48)24(34(47)51-9)15-11-16-21(27(43)20(15)19)28(44)22-18(41)12-17-30(23(22)26(16)42)55-35-29(45)25(40(5)6)31(46)38(17,3)56-35/h11-12,14,19,24-25,29,31-33,35-36,41,43,45-46,48H,13H2,1-10H3/t14-,19-,24-,25-,29-,31+,32-,33-,35-,36-,37+,38-,39+/m0/s1. The molecule has 2 aromatic carbocycles. The summed E-state index contributed by atoms with van der Waals surface area (Å²) in [6, 6.07) is 1.50. The lowest BCUT2D eigenvalue weighted by Gasteiger charge is -2.53. The number of methoxy groups -OCH3 is 4. The molecular weight excluding hydrogens is 738 g/mol. The topological polar surface area (TPSA) is 229 Å². The van der Waals surface area contributed by atoms with Gasteiger partial charge in [-0.3, -0.25) is 14.4 Å². The Kier molecular flexibility index (Phi) is 9.88. The number of benzene rings is 2. The van der Waals surface area contributed by atoms with Crippen molar-refractivity contribution < 1.29 is 77.8 Å². The van der Waals surface area contributed by atoms with Crippen molar-refractivity contribution in [1.29, 1.82) is 0 Å².